The monoisotopic (exact) mass is 355 g/mol. The molecule has 0 aromatic heterocycles. The summed E-state index contributed by atoms with van der Waals surface area (Å²) in [5.41, 5.74) is 2.11. The maximum absolute atomic E-state index is 11.6. The van der Waals surface area contributed by atoms with E-state index in [1.165, 1.54) is 6.26 Å². The fourth-order valence-electron chi connectivity index (χ4n) is 2.47. The van der Waals surface area contributed by atoms with Crippen molar-refractivity contribution in [2.24, 2.45) is 0 Å². The standard InChI is InChI=1S/C21H25NO2S/c1-4-18(2)22(16-8-11-19-9-6-5-7-10-19)17-20-12-14-21(15-13-20)25(3,23)24/h5-7,9-10,12-15,18H,4,16-17H2,1-3H3/t18-/m1/s1. The van der Waals surface area contributed by atoms with Crippen molar-refractivity contribution in [3.63, 3.8) is 0 Å². The van der Waals surface area contributed by atoms with Crippen LogP contribution in [0.25, 0.3) is 0 Å². The van der Waals surface area contributed by atoms with E-state index >= 15 is 0 Å². The van der Waals surface area contributed by atoms with Crippen LogP contribution in [0.5, 0.6) is 0 Å². The largest absolute Gasteiger partial charge is 0.285 e. The van der Waals surface area contributed by atoms with Gasteiger partial charge in [0, 0.05) is 24.4 Å². The van der Waals surface area contributed by atoms with Crippen LogP contribution in [0.4, 0.5) is 0 Å². The Balaban J connectivity index is 2.09. The summed E-state index contributed by atoms with van der Waals surface area (Å²) in [6, 6.07) is 17.5. The van der Waals surface area contributed by atoms with E-state index < -0.39 is 9.84 Å². The molecule has 0 aliphatic carbocycles. The molecule has 132 valence electrons. The summed E-state index contributed by atoms with van der Waals surface area (Å²) in [5.74, 6) is 6.45. The predicted molar refractivity (Wildman–Crippen MR) is 103 cm³/mol. The van der Waals surface area contributed by atoms with Crippen molar-refractivity contribution in [3.8, 4) is 11.8 Å². The maximum Gasteiger partial charge on any atom is 0.175 e. The first-order valence-corrected chi connectivity index (χ1v) is 10.4. The molecule has 0 radical (unpaired) electrons. The Kier molecular flexibility index (Phi) is 6.81. The minimum atomic E-state index is -3.15. The van der Waals surface area contributed by atoms with Crippen molar-refractivity contribution < 1.29 is 8.42 Å². The highest BCUT2D eigenvalue weighted by Gasteiger charge is 2.12. The first-order chi connectivity index (χ1) is 11.9. The van der Waals surface area contributed by atoms with Crippen LogP contribution in [-0.2, 0) is 16.4 Å². The van der Waals surface area contributed by atoms with Crippen molar-refractivity contribution in [1.82, 2.24) is 4.90 Å². The molecule has 0 N–H and O–H groups in total. The predicted octanol–water partition coefficient (Wildman–Crippen LogP) is 3.74. The number of rotatable bonds is 6. The normalized spacial score (nSPS) is 12.5. The van der Waals surface area contributed by atoms with Crippen LogP contribution in [0.15, 0.2) is 59.5 Å². The van der Waals surface area contributed by atoms with Gasteiger partial charge in [-0.3, -0.25) is 4.90 Å². The van der Waals surface area contributed by atoms with Gasteiger partial charge in [-0.05, 0) is 43.2 Å². The lowest BCUT2D eigenvalue weighted by atomic mass is 10.1. The van der Waals surface area contributed by atoms with Gasteiger partial charge < -0.3 is 0 Å². The van der Waals surface area contributed by atoms with Gasteiger partial charge in [0.1, 0.15) is 0 Å². The van der Waals surface area contributed by atoms with Gasteiger partial charge in [0.05, 0.1) is 11.4 Å². The average Bonchev–Trinajstić information content (AvgIpc) is 2.61. The molecule has 3 nitrogen and oxygen atoms in total. The molecule has 0 amide bonds. The van der Waals surface area contributed by atoms with E-state index in [0.29, 0.717) is 17.5 Å². The molecule has 0 fully saturated rings. The number of nitrogens with zero attached hydrogens (tertiary/aromatic N) is 1. The molecule has 0 spiro atoms. The molecule has 0 bridgehead atoms. The highest BCUT2D eigenvalue weighted by atomic mass is 32.2. The molecular weight excluding hydrogens is 330 g/mol. The first kappa shape index (κ1) is 19.2. The summed E-state index contributed by atoms with van der Waals surface area (Å²) in [5, 5.41) is 0. The van der Waals surface area contributed by atoms with E-state index in [4.69, 9.17) is 0 Å². The van der Waals surface area contributed by atoms with Crippen LogP contribution in [-0.4, -0.2) is 32.2 Å². The van der Waals surface area contributed by atoms with Gasteiger partial charge in [0.15, 0.2) is 9.84 Å². The highest BCUT2D eigenvalue weighted by molar-refractivity contribution is 7.90. The first-order valence-electron chi connectivity index (χ1n) is 8.47. The minimum Gasteiger partial charge on any atom is -0.285 e. The molecule has 0 aliphatic heterocycles. The van der Waals surface area contributed by atoms with Crippen molar-refractivity contribution in [1.29, 1.82) is 0 Å². The molecule has 0 aliphatic rings. The summed E-state index contributed by atoms with van der Waals surface area (Å²) < 4.78 is 23.1. The van der Waals surface area contributed by atoms with E-state index in [-0.39, 0.29) is 0 Å². The van der Waals surface area contributed by atoms with Gasteiger partial charge in [0.2, 0.25) is 0 Å². The molecule has 0 saturated heterocycles. The van der Waals surface area contributed by atoms with Crippen molar-refractivity contribution in [3.05, 3.63) is 65.7 Å². The Hall–Kier alpha value is -2.09. The Morgan fingerprint density at radius 3 is 2.24 bits per heavy atom. The molecule has 1 atom stereocenters. The lowest BCUT2D eigenvalue weighted by molar-refractivity contribution is 0.221. The van der Waals surface area contributed by atoms with E-state index in [0.717, 1.165) is 24.1 Å². The third-order valence-electron chi connectivity index (χ3n) is 4.24. The van der Waals surface area contributed by atoms with Crippen LogP contribution in [0.3, 0.4) is 0 Å². The number of benzene rings is 2. The van der Waals surface area contributed by atoms with Crippen LogP contribution < -0.4 is 0 Å². The van der Waals surface area contributed by atoms with Gasteiger partial charge in [-0.25, -0.2) is 8.42 Å². The quantitative estimate of drug-likeness (QED) is 0.741. The second-order valence-corrected chi connectivity index (χ2v) is 8.26. The zero-order chi connectivity index (χ0) is 18.3. The minimum absolute atomic E-state index is 0.357. The van der Waals surface area contributed by atoms with Crippen LogP contribution >= 0.6 is 0 Å². The molecule has 2 rings (SSSR count). The van der Waals surface area contributed by atoms with Gasteiger partial charge in [-0.1, -0.05) is 49.1 Å². The third kappa shape index (κ3) is 6.04. The molecule has 2 aromatic rings. The Labute approximate surface area is 151 Å². The molecular formula is C21H25NO2S. The summed E-state index contributed by atoms with van der Waals surface area (Å²) in [4.78, 5) is 2.67. The lowest BCUT2D eigenvalue weighted by Crippen LogP contribution is -2.32. The van der Waals surface area contributed by atoms with E-state index in [2.05, 4.69) is 30.6 Å². The van der Waals surface area contributed by atoms with Crippen LogP contribution in [0.2, 0.25) is 0 Å². The number of hydrogen-bond acceptors (Lipinski definition) is 3. The smallest absolute Gasteiger partial charge is 0.175 e. The maximum atomic E-state index is 11.6. The Morgan fingerprint density at radius 2 is 1.68 bits per heavy atom. The molecule has 0 saturated carbocycles. The van der Waals surface area contributed by atoms with Crippen molar-refractivity contribution in [2.45, 2.75) is 37.8 Å². The second kappa shape index (κ2) is 8.84. The molecule has 0 unspecified atom stereocenters. The SMILES string of the molecule is CC[C@@H](C)N(CC#Cc1ccccc1)Cc1ccc(S(C)(=O)=O)cc1. The topological polar surface area (TPSA) is 37.4 Å². The van der Waals surface area contributed by atoms with E-state index in [1.807, 2.05) is 42.5 Å². The zero-order valence-electron chi connectivity index (χ0n) is 15.1. The van der Waals surface area contributed by atoms with Gasteiger partial charge >= 0.3 is 0 Å². The zero-order valence-corrected chi connectivity index (χ0v) is 15.9. The summed E-state index contributed by atoms with van der Waals surface area (Å²) in [6.45, 7) is 5.78. The van der Waals surface area contributed by atoms with Crippen LogP contribution in [0.1, 0.15) is 31.4 Å². The van der Waals surface area contributed by atoms with Gasteiger partial charge in [0.25, 0.3) is 0 Å². The summed E-state index contributed by atoms with van der Waals surface area (Å²) >= 11 is 0. The third-order valence-corrected chi connectivity index (χ3v) is 5.37. The van der Waals surface area contributed by atoms with Crippen LogP contribution in [0, 0.1) is 11.8 Å². The summed E-state index contributed by atoms with van der Waals surface area (Å²) in [7, 11) is -3.15. The number of sulfone groups is 1. The number of hydrogen-bond donors (Lipinski definition) is 0. The highest BCUT2D eigenvalue weighted by Crippen LogP contribution is 2.14. The average molecular weight is 356 g/mol. The van der Waals surface area contributed by atoms with E-state index in [9.17, 15) is 8.42 Å². The second-order valence-electron chi connectivity index (χ2n) is 6.25. The van der Waals surface area contributed by atoms with Gasteiger partial charge in [-0.2, -0.15) is 0 Å². The molecule has 4 heteroatoms. The van der Waals surface area contributed by atoms with Gasteiger partial charge in [-0.15, -0.1) is 0 Å². The summed E-state index contributed by atoms with van der Waals surface area (Å²) in [6.07, 6.45) is 2.26. The Morgan fingerprint density at radius 1 is 1.04 bits per heavy atom. The molecule has 0 heterocycles. The Bertz CT molecular complexity index is 831. The molecule has 2 aromatic carbocycles. The van der Waals surface area contributed by atoms with Crippen molar-refractivity contribution in [2.75, 3.05) is 12.8 Å². The fourth-order valence-corrected chi connectivity index (χ4v) is 3.10. The molecule has 25 heavy (non-hydrogen) atoms. The fraction of sp³-hybridized carbons (Fsp3) is 0.333. The van der Waals surface area contributed by atoms with Crippen molar-refractivity contribution >= 4 is 9.84 Å². The lowest BCUT2D eigenvalue weighted by Gasteiger charge is -2.26. The van der Waals surface area contributed by atoms with E-state index in [1.54, 1.807) is 12.1 Å².